The van der Waals surface area contributed by atoms with Crippen molar-refractivity contribution >= 4 is 39.5 Å². The fourth-order valence-corrected chi connectivity index (χ4v) is 3.75. The highest BCUT2D eigenvalue weighted by molar-refractivity contribution is 7.15. The van der Waals surface area contributed by atoms with Crippen molar-refractivity contribution < 1.29 is 9.53 Å². The molecular weight excluding hydrogens is 382 g/mol. The number of rotatable bonds is 5. The van der Waals surface area contributed by atoms with Crippen molar-refractivity contribution in [3.8, 4) is 17.0 Å². The van der Waals surface area contributed by atoms with E-state index in [0.29, 0.717) is 10.8 Å². The quantitative estimate of drug-likeness (QED) is 0.520. The summed E-state index contributed by atoms with van der Waals surface area (Å²) < 4.78 is 7.28. The van der Waals surface area contributed by atoms with Gasteiger partial charge in [-0.2, -0.15) is 0 Å². The summed E-state index contributed by atoms with van der Waals surface area (Å²) in [5, 5.41) is 5.47. The predicted molar refractivity (Wildman–Crippen MR) is 109 cm³/mol. The minimum absolute atomic E-state index is 0.133. The molecule has 0 unspecified atom stereocenters. The van der Waals surface area contributed by atoms with Crippen molar-refractivity contribution in [3.63, 3.8) is 0 Å². The summed E-state index contributed by atoms with van der Waals surface area (Å²) in [6.07, 6.45) is 4.16. The van der Waals surface area contributed by atoms with Crippen LogP contribution in [0.1, 0.15) is 5.56 Å². The number of halogens is 1. The minimum atomic E-state index is -0.133. The number of methoxy groups -OCH3 is 1. The molecule has 7 heteroatoms. The Hall–Kier alpha value is -2.83. The molecule has 0 spiro atoms. The van der Waals surface area contributed by atoms with Gasteiger partial charge in [-0.1, -0.05) is 23.7 Å². The molecule has 0 aliphatic heterocycles. The van der Waals surface area contributed by atoms with Crippen LogP contribution in [0.5, 0.6) is 5.75 Å². The average molecular weight is 398 g/mol. The minimum Gasteiger partial charge on any atom is -0.496 e. The fraction of sp³-hybridized carbons (Fsp3) is 0.100. The largest absolute Gasteiger partial charge is 0.496 e. The molecule has 0 fully saturated rings. The number of nitrogens with zero attached hydrogens (tertiary/aromatic N) is 2. The summed E-state index contributed by atoms with van der Waals surface area (Å²) in [5.74, 6) is 0.510. The van der Waals surface area contributed by atoms with Gasteiger partial charge < -0.3 is 10.1 Å². The molecule has 0 atom stereocenters. The average Bonchev–Trinajstić information content (AvgIpc) is 3.24. The van der Waals surface area contributed by atoms with Gasteiger partial charge in [-0.25, -0.2) is 4.98 Å². The maximum atomic E-state index is 12.4. The number of anilines is 1. The monoisotopic (exact) mass is 397 g/mol. The maximum Gasteiger partial charge on any atom is 0.228 e. The summed E-state index contributed by atoms with van der Waals surface area (Å²) in [6.45, 7) is 0. The molecule has 2 aromatic carbocycles. The van der Waals surface area contributed by atoms with E-state index >= 15 is 0 Å². The maximum absolute atomic E-state index is 12.4. The Morgan fingerprint density at radius 2 is 2.07 bits per heavy atom. The van der Waals surface area contributed by atoms with Crippen molar-refractivity contribution in [2.45, 2.75) is 6.42 Å². The Balaban J connectivity index is 1.46. The molecule has 0 saturated heterocycles. The molecule has 0 bridgehead atoms. The Bertz CT molecular complexity index is 1070. The summed E-state index contributed by atoms with van der Waals surface area (Å²) in [4.78, 5) is 17.9. The Morgan fingerprint density at radius 3 is 2.81 bits per heavy atom. The number of thiazole rings is 1. The molecule has 0 radical (unpaired) electrons. The topological polar surface area (TPSA) is 55.6 Å². The molecule has 5 nitrogen and oxygen atoms in total. The Morgan fingerprint density at radius 1 is 1.26 bits per heavy atom. The Kier molecular flexibility index (Phi) is 4.83. The van der Waals surface area contributed by atoms with E-state index in [4.69, 9.17) is 16.3 Å². The summed E-state index contributed by atoms with van der Waals surface area (Å²) >= 11 is 7.61. The van der Waals surface area contributed by atoms with Crippen molar-refractivity contribution in [2.24, 2.45) is 0 Å². The van der Waals surface area contributed by atoms with Crippen LogP contribution in [0.4, 0.5) is 5.69 Å². The first-order chi connectivity index (χ1) is 13.1. The number of imidazole rings is 1. The van der Waals surface area contributed by atoms with Gasteiger partial charge in [0.05, 0.1) is 19.2 Å². The number of hydrogen-bond donors (Lipinski definition) is 1. The third kappa shape index (κ3) is 3.82. The highest BCUT2D eigenvalue weighted by Gasteiger charge is 2.11. The van der Waals surface area contributed by atoms with Gasteiger partial charge in [0, 0.05) is 39.6 Å². The van der Waals surface area contributed by atoms with Gasteiger partial charge in [-0.05, 0) is 30.3 Å². The smallest absolute Gasteiger partial charge is 0.228 e. The number of hydrogen-bond acceptors (Lipinski definition) is 4. The lowest BCUT2D eigenvalue weighted by molar-refractivity contribution is -0.115. The standard InChI is InChI=1S/C20H16ClN3O2S/c1-26-18-7-4-15(21)10-14(18)11-19(25)22-16-5-2-13(3-6-16)17-12-24-8-9-27-20(24)23-17/h2-10,12H,11H2,1H3,(H,22,25). The number of ether oxygens (including phenoxy) is 1. The first-order valence-electron chi connectivity index (χ1n) is 8.27. The molecule has 4 aromatic rings. The number of amides is 1. The third-order valence-corrected chi connectivity index (χ3v) is 5.16. The van der Waals surface area contributed by atoms with E-state index in [2.05, 4.69) is 10.3 Å². The number of carbonyl (C=O) groups excluding carboxylic acids is 1. The van der Waals surface area contributed by atoms with Gasteiger partial charge >= 0.3 is 0 Å². The lowest BCUT2D eigenvalue weighted by atomic mass is 10.1. The Labute approximate surface area is 165 Å². The van der Waals surface area contributed by atoms with Gasteiger partial charge in [0.2, 0.25) is 5.91 Å². The molecule has 4 rings (SSSR count). The molecule has 136 valence electrons. The molecule has 2 aromatic heterocycles. The van der Waals surface area contributed by atoms with Crippen LogP contribution in [0, 0.1) is 0 Å². The van der Waals surface area contributed by atoms with Crippen LogP contribution in [0.25, 0.3) is 16.2 Å². The van der Waals surface area contributed by atoms with E-state index in [9.17, 15) is 4.79 Å². The molecule has 0 saturated carbocycles. The zero-order valence-electron chi connectivity index (χ0n) is 14.5. The van der Waals surface area contributed by atoms with E-state index in [0.717, 1.165) is 27.5 Å². The molecule has 0 aliphatic rings. The van der Waals surface area contributed by atoms with Crippen molar-refractivity contribution in [2.75, 3.05) is 12.4 Å². The van der Waals surface area contributed by atoms with Gasteiger partial charge in [-0.15, -0.1) is 11.3 Å². The van der Waals surface area contributed by atoms with E-state index in [1.165, 1.54) is 0 Å². The summed E-state index contributed by atoms with van der Waals surface area (Å²) in [5.41, 5.74) is 3.38. The third-order valence-electron chi connectivity index (χ3n) is 4.15. The van der Waals surface area contributed by atoms with Crippen molar-refractivity contribution in [3.05, 3.63) is 70.8 Å². The van der Waals surface area contributed by atoms with E-state index in [-0.39, 0.29) is 12.3 Å². The van der Waals surface area contributed by atoms with Crippen LogP contribution in [0.15, 0.2) is 60.2 Å². The van der Waals surface area contributed by atoms with Gasteiger partial charge in [-0.3, -0.25) is 9.20 Å². The number of benzene rings is 2. The predicted octanol–water partition coefficient (Wildman–Crippen LogP) is 4.91. The second kappa shape index (κ2) is 7.42. The van der Waals surface area contributed by atoms with Crippen LogP contribution in [0.2, 0.25) is 5.02 Å². The van der Waals surface area contributed by atoms with E-state index in [1.54, 1.807) is 36.6 Å². The zero-order valence-corrected chi connectivity index (χ0v) is 16.1. The number of aromatic nitrogens is 2. The van der Waals surface area contributed by atoms with E-state index < -0.39 is 0 Å². The van der Waals surface area contributed by atoms with Gasteiger partial charge in [0.25, 0.3) is 0 Å². The number of carbonyl (C=O) groups is 1. The van der Waals surface area contributed by atoms with Crippen LogP contribution in [-0.2, 0) is 11.2 Å². The van der Waals surface area contributed by atoms with Crippen LogP contribution >= 0.6 is 22.9 Å². The zero-order chi connectivity index (χ0) is 18.8. The molecule has 2 heterocycles. The highest BCUT2D eigenvalue weighted by Crippen LogP contribution is 2.25. The number of fused-ring (bicyclic) bond motifs is 1. The van der Waals surface area contributed by atoms with Crippen LogP contribution < -0.4 is 10.1 Å². The molecular formula is C20H16ClN3O2S. The first kappa shape index (κ1) is 17.6. The van der Waals surface area contributed by atoms with Crippen LogP contribution in [0.3, 0.4) is 0 Å². The number of nitrogens with one attached hydrogen (secondary N) is 1. The molecule has 27 heavy (non-hydrogen) atoms. The lowest BCUT2D eigenvalue weighted by Gasteiger charge is -2.10. The molecule has 1 N–H and O–H groups in total. The van der Waals surface area contributed by atoms with Crippen molar-refractivity contribution in [1.82, 2.24) is 9.38 Å². The normalized spacial score (nSPS) is 10.9. The first-order valence-corrected chi connectivity index (χ1v) is 9.53. The lowest BCUT2D eigenvalue weighted by Crippen LogP contribution is -2.14. The fourth-order valence-electron chi connectivity index (χ4n) is 2.85. The van der Waals surface area contributed by atoms with Gasteiger partial charge in [0.1, 0.15) is 5.75 Å². The van der Waals surface area contributed by atoms with Gasteiger partial charge in [0.15, 0.2) is 4.96 Å². The second-order valence-corrected chi connectivity index (χ2v) is 7.29. The van der Waals surface area contributed by atoms with E-state index in [1.807, 2.05) is 46.4 Å². The SMILES string of the molecule is COc1ccc(Cl)cc1CC(=O)Nc1ccc(-c2cn3ccsc3n2)cc1. The molecule has 1 amide bonds. The summed E-state index contributed by atoms with van der Waals surface area (Å²) in [7, 11) is 1.57. The van der Waals surface area contributed by atoms with Crippen molar-refractivity contribution in [1.29, 1.82) is 0 Å². The second-order valence-electron chi connectivity index (χ2n) is 5.98. The summed E-state index contributed by atoms with van der Waals surface area (Å²) in [6, 6.07) is 12.9. The van der Waals surface area contributed by atoms with Crippen LogP contribution in [-0.4, -0.2) is 22.4 Å². The molecule has 0 aliphatic carbocycles. The highest BCUT2D eigenvalue weighted by atomic mass is 35.5.